The minimum atomic E-state index is -3.91. The average molecular weight is 587 g/mol. The van der Waals surface area contributed by atoms with Crippen molar-refractivity contribution in [1.82, 2.24) is 10.6 Å². The van der Waals surface area contributed by atoms with Crippen LogP contribution < -0.4 is 15.8 Å². The Bertz CT molecular complexity index is 1510. The van der Waals surface area contributed by atoms with Crippen molar-refractivity contribution in [2.24, 2.45) is 11.1 Å². The summed E-state index contributed by atoms with van der Waals surface area (Å²) in [6.07, 6.45) is 5.52. The summed E-state index contributed by atoms with van der Waals surface area (Å²) in [6, 6.07) is 13.9. The number of nitriles is 1. The van der Waals surface area contributed by atoms with Crippen molar-refractivity contribution in [3.8, 4) is 17.2 Å². The van der Waals surface area contributed by atoms with E-state index in [-0.39, 0.29) is 40.7 Å². The highest BCUT2D eigenvalue weighted by Gasteiger charge is 2.40. The maximum Gasteiger partial charge on any atom is 0.251 e. The monoisotopic (exact) mass is 586 g/mol. The minimum absolute atomic E-state index is 0.00129. The van der Waals surface area contributed by atoms with E-state index in [9.17, 15) is 31.7 Å². The van der Waals surface area contributed by atoms with Gasteiger partial charge in [0.05, 0.1) is 22.5 Å². The SMILES string of the molecule is N#CC1(NC(=O)[C@H](CC2CCCCC2)NC(=O)c2cccc(-c3cccc(S(N)(=O)=O)c3)c2)CCS(=O)(=O)CC1. The molecule has 40 heavy (non-hydrogen) atoms. The Hall–Kier alpha value is -3.27. The number of nitrogens with zero attached hydrogens (tertiary/aromatic N) is 1. The largest absolute Gasteiger partial charge is 0.340 e. The van der Waals surface area contributed by atoms with Gasteiger partial charge in [-0.2, -0.15) is 5.26 Å². The van der Waals surface area contributed by atoms with Gasteiger partial charge in [0, 0.05) is 5.56 Å². The zero-order valence-electron chi connectivity index (χ0n) is 22.1. The molecule has 214 valence electrons. The molecule has 1 saturated carbocycles. The van der Waals surface area contributed by atoms with E-state index in [1.165, 1.54) is 12.1 Å². The molecule has 2 aromatic carbocycles. The highest BCUT2D eigenvalue weighted by molar-refractivity contribution is 7.91. The summed E-state index contributed by atoms with van der Waals surface area (Å²) in [5.74, 6) is -1.11. The van der Waals surface area contributed by atoms with Crippen LogP contribution in [0, 0.1) is 17.2 Å². The van der Waals surface area contributed by atoms with Crippen LogP contribution in [0.15, 0.2) is 53.4 Å². The second-order valence-corrected chi connectivity index (χ2v) is 14.6. The number of hydrogen-bond acceptors (Lipinski definition) is 7. The third-order valence-corrected chi connectivity index (χ3v) is 10.4. The molecule has 0 radical (unpaired) electrons. The summed E-state index contributed by atoms with van der Waals surface area (Å²) in [5.41, 5.74) is 0.129. The number of sulfone groups is 1. The number of nitrogens with one attached hydrogen (secondary N) is 2. The first-order chi connectivity index (χ1) is 18.9. The number of hydrogen-bond donors (Lipinski definition) is 3. The van der Waals surface area contributed by atoms with E-state index >= 15 is 0 Å². The summed E-state index contributed by atoms with van der Waals surface area (Å²) in [5, 5.41) is 20.7. The van der Waals surface area contributed by atoms with Gasteiger partial charge < -0.3 is 10.6 Å². The van der Waals surface area contributed by atoms with Crippen LogP contribution in [-0.4, -0.2) is 51.7 Å². The Labute approximate surface area is 235 Å². The zero-order chi connectivity index (χ0) is 29.0. The van der Waals surface area contributed by atoms with Crippen molar-refractivity contribution >= 4 is 31.7 Å². The van der Waals surface area contributed by atoms with Crippen LogP contribution in [-0.2, 0) is 24.7 Å². The molecule has 0 unspecified atom stereocenters. The average Bonchev–Trinajstić information content (AvgIpc) is 2.94. The summed E-state index contributed by atoms with van der Waals surface area (Å²) < 4.78 is 47.4. The number of sulfonamides is 1. The first-order valence-corrected chi connectivity index (χ1v) is 16.7. The molecular weight excluding hydrogens is 552 g/mol. The van der Waals surface area contributed by atoms with Gasteiger partial charge in [-0.05, 0) is 60.6 Å². The molecule has 1 heterocycles. The molecule has 2 fully saturated rings. The molecule has 2 aliphatic rings. The van der Waals surface area contributed by atoms with Gasteiger partial charge in [0.2, 0.25) is 15.9 Å². The van der Waals surface area contributed by atoms with Crippen molar-refractivity contribution < 1.29 is 26.4 Å². The number of benzene rings is 2. The molecule has 0 aromatic heterocycles. The number of nitrogens with two attached hydrogens (primary N) is 1. The van der Waals surface area contributed by atoms with Gasteiger partial charge in [0.15, 0.2) is 9.84 Å². The van der Waals surface area contributed by atoms with E-state index in [1.54, 1.807) is 36.4 Å². The summed E-state index contributed by atoms with van der Waals surface area (Å²) in [7, 11) is -7.15. The number of amides is 2. The Balaban J connectivity index is 1.55. The molecule has 2 amide bonds. The van der Waals surface area contributed by atoms with E-state index < -0.39 is 43.3 Å². The lowest BCUT2D eigenvalue weighted by Crippen LogP contribution is -2.58. The lowest BCUT2D eigenvalue weighted by Gasteiger charge is -2.34. The normalized spacial score (nSPS) is 19.6. The Kier molecular flexibility index (Phi) is 8.97. The molecular formula is C28H34N4O6S2. The number of rotatable bonds is 8. The van der Waals surface area contributed by atoms with Crippen molar-refractivity contribution in [2.45, 2.75) is 67.8 Å². The fourth-order valence-corrected chi connectivity index (χ4v) is 7.48. The van der Waals surface area contributed by atoms with Crippen molar-refractivity contribution in [3.63, 3.8) is 0 Å². The Morgan fingerprint density at radius 1 is 1.02 bits per heavy atom. The topological polar surface area (TPSA) is 176 Å². The van der Waals surface area contributed by atoms with E-state index in [0.717, 1.165) is 32.1 Å². The lowest BCUT2D eigenvalue weighted by atomic mass is 9.84. The maximum atomic E-state index is 13.5. The first-order valence-electron chi connectivity index (χ1n) is 13.4. The third-order valence-electron chi connectivity index (χ3n) is 7.79. The fraction of sp³-hybridized carbons (Fsp3) is 0.464. The molecule has 0 spiro atoms. The van der Waals surface area contributed by atoms with Gasteiger partial charge in [0.25, 0.3) is 5.91 Å². The molecule has 0 bridgehead atoms. The quantitative estimate of drug-likeness (QED) is 0.426. The molecule has 10 nitrogen and oxygen atoms in total. The van der Waals surface area contributed by atoms with Gasteiger partial charge in [-0.3, -0.25) is 9.59 Å². The highest BCUT2D eigenvalue weighted by atomic mass is 32.2. The van der Waals surface area contributed by atoms with Gasteiger partial charge in [-0.1, -0.05) is 56.4 Å². The van der Waals surface area contributed by atoms with Crippen LogP contribution in [0.1, 0.15) is 61.7 Å². The minimum Gasteiger partial charge on any atom is -0.340 e. The van der Waals surface area contributed by atoms with E-state index in [1.807, 2.05) is 0 Å². The van der Waals surface area contributed by atoms with Crippen molar-refractivity contribution in [3.05, 3.63) is 54.1 Å². The van der Waals surface area contributed by atoms with Gasteiger partial charge >= 0.3 is 0 Å². The second-order valence-electron chi connectivity index (χ2n) is 10.8. The molecule has 1 aliphatic heterocycles. The van der Waals surface area contributed by atoms with Crippen LogP contribution in [0.3, 0.4) is 0 Å². The highest BCUT2D eigenvalue weighted by Crippen LogP contribution is 2.29. The molecule has 2 aromatic rings. The smallest absolute Gasteiger partial charge is 0.251 e. The summed E-state index contributed by atoms with van der Waals surface area (Å²) >= 11 is 0. The fourth-order valence-electron chi connectivity index (χ4n) is 5.40. The predicted octanol–water partition coefficient (Wildman–Crippen LogP) is 2.66. The third kappa shape index (κ3) is 7.47. The first kappa shape index (κ1) is 29.7. The Morgan fingerprint density at radius 3 is 2.27 bits per heavy atom. The lowest BCUT2D eigenvalue weighted by molar-refractivity contribution is -0.125. The van der Waals surface area contributed by atoms with Gasteiger partial charge in [-0.15, -0.1) is 0 Å². The van der Waals surface area contributed by atoms with Crippen LogP contribution in [0.4, 0.5) is 0 Å². The predicted molar refractivity (Wildman–Crippen MR) is 150 cm³/mol. The standard InChI is InChI=1S/C28H34N4O6S2/c29-19-28(12-14-39(35,36)15-13-28)32-27(34)25(16-20-6-2-1-3-7-20)31-26(33)23-10-4-8-21(17-23)22-9-5-11-24(18-22)40(30,37)38/h4-5,8-11,17-18,20,25H,1-3,6-7,12-16H2,(H,31,33)(H,32,34)(H2,30,37,38)/t25-/m0/s1. The van der Waals surface area contributed by atoms with Gasteiger partial charge in [0.1, 0.15) is 11.6 Å². The summed E-state index contributed by atoms with van der Waals surface area (Å²) in [4.78, 5) is 26.8. The number of primary sulfonamides is 1. The van der Waals surface area contributed by atoms with E-state index in [0.29, 0.717) is 17.5 Å². The molecule has 1 saturated heterocycles. The van der Waals surface area contributed by atoms with Crippen LogP contribution in [0.5, 0.6) is 0 Å². The van der Waals surface area contributed by atoms with Gasteiger partial charge in [-0.25, -0.2) is 22.0 Å². The van der Waals surface area contributed by atoms with E-state index in [2.05, 4.69) is 16.7 Å². The van der Waals surface area contributed by atoms with Crippen molar-refractivity contribution in [1.29, 1.82) is 5.26 Å². The molecule has 4 N–H and O–H groups in total. The number of carbonyl (C=O) groups is 2. The zero-order valence-corrected chi connectivity index (χ0v) is 23.8. The Morgan fingerprint density at radius 2 is 1.65 bits per heavy atom. The van der Waals surface area contributed by atoms with E-state index in [4.69, 9.17) is 5.14 Å². The molecule has 4 rings (SSSR count). The van der Waals surface area contributed by atoms with Crippen LogP contribution >= 0.6 is 0 Å². The second kappa shape index (κ2) is 12.1. The van der Waals surface area contributed by atoms with Crippen molar-refractivity contribution in [2.75, 3.05) is 11.5 Å². The van der Waals surface area contributed by atoms with Crippen LogP contribution in [0.25, 0.3) is 11.1 Å². The number of carbonyl (C=O) groups excluding carboxylic acids is 2. The molecule has 1 atom stereocenters. The van der Waals surface area contributed by atoms with Crippen LogP contribution in [0.2, 0.25) is 0 Å². The molecule has 1 aliphatic carbocycles. The summed E-state index contributed by atoms with van der Waals surface area (Å²) in [6.45, 7) is 0. The maximum absolute atomic E-state index is 13.5. The molecule has 12 heteroatoms.